The number of methoxy groups -OCH3 is 1. The minimum absolute atomic E-state index is 0.0231. The molecule has 0 fully saturated rings. The molecule has 9 heavy (non-hydrogen) atoms. The van der Waals surface area contributed by atoms with Crippen molar-refractivity contribution in [2.75, 3.05) is 7.11 Å². The summed E-state index contributed by atoms with van der Waals surface area (Å²) in [7, 11) is 1.66. The Balaban J connectivity index is 2.38. The van der Waals surface area contributed by atoms with Gasteiger partial charge in [0.15, 0.2) is 6.29 Å². The maximum atomic E-state index is 5.09. The molecule has 0 aromatic carbocycles. The highest BCUT2D eigenvalue weighted by atomic mass is 16.7. The third-order valence-corrected chi connectivity index (χ3v) is 1.46. The molecule has 52 valence electrons. The van der Waals surface area contributed by atoms with Gasteiger partial charge >= 0.3 is 0 Å². The summed E-state index contributed by atoms with van der Waals surface area (Å²) in [5.41, 5.74) is 0. The molecule has 2 atom stereocenters. The maximum Gasteiger partial charge on any atom is 0.199 e. The predicted molar refractivity (Wildman–Crippen MR) is 34.8 cm³/mol. The summed E-state index contributed by atoms with van der Waals surface area (Å²) in [5, 5.41) is 0. The third-order valence-electron chi connectivity index (χ3n) is 1.46. The number of allylic oxidation sites excluding steroid dienone is 1. The second kappa shape index (κ2) is 2.87. The van der Waals surface area contributed by atoms with Crippen molar-refractivity contribution < 1.29 is 9.47 Å². The molecule has 0 unspecified atom stereocenters. The van der Waals surface area contributed by atoms with Crippen molar-refractivity contribution in [3.05, 3.63) is 12.3 Å². The first-order valence-electron chi connectivity index (χ1n) is 3.18. The zero-order chi connectivity index (χ0) is 6.69. The number of hydrogen-bond acceptors (Lipinski definition) is 2. The van der Waals surface area contributed by atoms with E-state index in [1.807, 2.05) is 6.08 Å². The Labute approximate surface area is 55.5 Å². The highest BCUT2D eigenvalue weighted by Gasteiger charge is 2.13. The van der Waals surface area contributed by atoms with E-state index in [4.69, 9.17) is 9.47 Å². The van der Waals surface area contributed by atoms with E-state index < -0.39 is 0 Å². The van der Waals surface area contributed by atoms with Crippen molar-refractivity contribution in [3.8, 4) is 0 Å². The van der Waals surface area contributed by atoms with Crippen molar-refractivity contribution in [2.24, 2.45) is 5.92 Å². The molecule has 0 spiro atoms. The summed E-state index contributed by atoms with van der Waals surface area (Å²) < 4.78 is 10.1. The number of ether oxygens (including phenoxy) is 2. The highest BCUT2D eigenvalue weighted by molar-refractivity contribution is 4.85. The zero-order valence-corrected chi connectivity index (χ0v) is 5.83. The predicted octanol–water partition coefficient (Wildman–Crippen LogP) is 1.53. The molecule has 2 nitrogen and oxygen atoms in total. The Kier molecular flexibility index (Phi) is 2.11. The van der Waals surface area contributed by atoms with Gasteiger partial charge in [0.25, 0.3) is 0 Å². The van der Waals surface area contributed by atoms with Crippen LogP contribution in [0.1, 0.15) is 13.3 Å². The van der Waals surface area contributed by atoms with Crippen molar-refractivity contribution in [3.63, 3.8) is 0 Å². The first-order chi connectivity index (χ1) is 4.33. The summed E-state index contributed by atoms with van der Waals surface area (Å²) in [6, 6.07) is 0. The smallest absolute Gasteiger partial charge is 0.199 e. The first-order valence-corrected chi connectivity index (χ1v) is 3.18. The average Bonchev–Trinajstić information content (AvgIpc) is 1.88. The van der Waals surface area contributed by atoms with E-state index in [2.05, 4.69) is 6.92 Å². The second-order valence-electron chi connectivity index (χ2n) is 2.34. The Morgan fingerprint density at radius 2 is 2.44 bits per heavy atom. The molecule has 2 heteroatoms. The van der Waals surface area contributed by atoms with E-state index in [9.17, 15) is 0 Å². The number of rotatable bonds is 1. The summed E-state index contributed by atoms with van der Waals surface area (Å²) in [5.74, 6) is 0.587. The fourth-order valence-corrected chi connectivity index (χ4v) is 0.857. The molecule has 0 aliphatic carbocycles. The molecular formula is C7H12O2. The minimum Gasteiger partial charge on any atom is -0.473 e. The quantitative estimate of drug-likeness (QED) is 0.533. The fraction of sp³-hybridized carbons (Fsp3) is 0.714. The van der Waals surface area contributed by atoms with Gasteiger partial charge in [-0.05, 0) is 12.0 Å². The average molecular weight is 128 g/mol. The van der Waals surface area contributed by atoms with Crippen molar-refractivity contribution >= 4 is 0 Å². The van der Waals surface area contributed by atoms with Gasteiger partial charge in [0.05, 0.1) is 6.26 Å². The molecule has 0 radical (unpaired) electrons. The zero-order valence-electron chi connectivity index (χ0n) is 5.83. The molecule has 1 aliphatic heterocycles. The molecule has 0 aromatic heterocycles. The molecule has 1 aliphatic rings. The van der Waals surface area contributed by atoms with E-state index in [0.29, 0.717) is 5.92 Å². The van der Waals surface area contributed by atoms with Crippen LogP contribution in [-0.2, 0) is 9.47 Å². The number of hydrogen-bond donors (Lipinski definition) is 0. The molecule has 1 rings (SSSR count). The lowest BCUT2D eigenvalue weighted by molar-refractivity contribution is -0.0993. The molecule has 0 saturated carbocycles. The first kappa shape index (κ1) is 6.62. The largest absolute Gasteiger partial charge is 0.473 e. The van der Waals surface area contributed by atoms with Crippen molar-refractivity contribution in [1.82, 2.24) is 0 Å². The van der Waals surface area contributed by atoms with Crippen LogP contribution in [0, 0.1) is 5.92 Å². The van der Waals surface area contributed by atoms with Gasteiger partial charge in [-0.2, -0.15) is 0 Å². The molecule has 0 amide bonds. The Morgan fingerprint density at radius 3 is 2.89 bits per heavy atom. The van der Waals surface area contributed by atoms with Gasteiger partial charge in [-0.25, -0.2) is 0 Å². The standard InChI is InChI=1S/C7H12O2/c1-6-3-4-9-7(5-6)8-2/h3-4,6-7H,5H2,1-2H3/t6-,7+/m1/s1. The van der Waals surface area contributed by atoms with Gasteiger partial charge in [-0.15, -0.1) is 0 Å². The van der Waals surface area contributed by atoms with Gasteiger partial charge in [0.2, 0.25) is 0 Å². The highest BCUT2D eigenvalue weighted by Crippen LogP contribution is 2.16. The van der Waals surface area contributed by atoms with Crippen LogP contribution in [-0.4, -0.2) is 13.4 Å². The van der Waals surface area contributed by atoms with Crippen LogP contribution in [0.5, 0.6) is 0 Å². The molecular weight excluding hydrogens is 116 g/mol. The van der Waals surface area contributed by atoms with Crippen LogP contribution in [0.25, 0.3) is 0 Å². The van der Waals surface area contributed by atoms with Crippen LogP contribution in [0.3, 0.4) is 0 Å². The molecule has 0 aromatic rings. The monoisotopic (exact) mass is 128 g/mol. The molecule has 0 saturated heterocycles. The second-order valence-corrected chi connectivity index (χ2v) is 2.34. The van der Waals surface area contributed by atoms with Gasteiger partial charge < -0.3 is 9.47 Å². The summed E-state index contributed by atoms with van der Waals surface area (Å²) in [4.78, 5) is 0. The Morgan fingerprint density at radius 1 is 1.67 bits per heavy atom. The molecule has 0 bridgehead atoms. The lowest BCUT2D eigenvalue weighted by Crippen LogP contribution is -2.18. The van der Waals surface area contributed by atoms with E-state index in [-0.39, 0.29) is 6.29 Å². The molecule has 1 heterocycles. The maximum absolute atomic E-state index is 5.09. The van der Waals surface area contributed by atoms with Crippen LogP contribution >= 0.6 is 0 Å². The van der Waals surface area contributed by atoms with E-state index in [0.717, 1.165) is 6.42 Å². The van der Waals surface area contributed by atoms with E-state index in [1.54, 1.807) is 13.4 Å². The van der Waals surface area contributed by atoms with Crippen molar-refractivity contribution in [1.29, 1.82) is 0 Å². The van der Waals surface area contributed by atoms with E-state index in [1.165, 1.54) is 0 Å². The fourth-order valence-electron chi connectivity index (χ4n) is 0.857. The lowest BCUT2D eigenvalue weighted by Gasteiger charge is -2.21. The summed E-state index contributed by atoms with van der Waals surface area (Å²) >= 11 is 0. The van der Waals surface area contributed by atoms with Crippen LogP contribution in [0.2, 0.25) is 0 Å². The van der Waals surface area contributed by atoms with Crippen molar-refractivity contribution in [2.45, 2.75) is 19.6 Å². The summed E-state index contributed by atoms with van der Waals surface area (Å²) in [6.07, 6.45) is 4.69. The van der Waals surface area contributed by atoms with Gasteiger partial charge in [-0.3, -0.25) is 0 Å². The topological polar surface area (TPSA) is 18.5 Å². The minimum atomic E-state index is -0.0231. The molecule has 0 N–H and O–H groups in total. The summed E-state index contributed by atoms with van der Waals surface area (Å²) in [6.45, 7) is 2.14. The Bertz CT molecular complexity index is 109. The third kappa shape index (κ3) is 1.72. The SMILES string of the molecule is CO[C@@H]1C[C@H](C)C=CO1. The van der Waals surface area contributed by atoms with Gasteiger partial charge in [-0.1, -0.05) is 6.92 Å². The lowest BCUT2D eigenvalue weighted by atomic mass is 10.1. The van der Waals surface area contributed by atoms with Crippen LogP contribution in [0.15, 0.2) is 12.3 Å². The van der Waals surface area contributed by atoms with Crippen LogP contribution in [0.4, 0.5) is 0 Å². The van der Waals surface area contributed by atoms with Crippen LogP contribution < -0.4 is 0 Å². The normalized spacial score (nSPS) is 34.0. The van der Waals surface area contributed by atoms with Gasteiger partial charge in [0.1, 0.15) is 0 Å². The Hall–Kier alpha value is -0.500. The van der Waals surface area contributed by atoms with Gasteiger partial charge in [0, 0.05) is 13.5 Å². The van der Waals surface area contributed by atoms with E-state index >= 15 is 0 Å².